The minimum Gasteiger partial charge on any atom is -0.314 e. The fourth-order valence-electron chi connectivity index (χ4n) is 4.13. The standard InChI is InChI=1S/C16H30N2/c1-12-10-13(12)11-18-16-7-3-2-6-14(16)15-8-4-5-9-17-15/h12-18H,2-11H2,1H3. The molecule has 3 rings (SSSR count). The van der Waals surface area contributed by atoms with Crippen molar-refractivity contribution in [3.63, 3.8) is 0 Å². The molecule has 18 heavy (non-hydrogen) atoms. The van der Waals surface area contributed by atoms with Gasteiger partial charge in [-0.25, -0.2) is 0 Å². The summed E-state index contributed by atoms with van der Waals surface area (Å²) in [6, 6.07) is 1.62. The maximum absolute atomic E-state index is 3.92. The van der Waals surface area contributed by atoms with Gasteiger partial charge in [0.1, 0.15) is 0 Å². The van der Waals surface area contributed by atoms with Crippen LogP contribution in [0.4, 0.5) is 0 Å². The molecule has 5 unspecified atom stereocenters. The van der Waals surface area contributed by atoms with Crippen LogP contribution in [0.3, 0.4) is 0 Å². The molecule has 3 fully saturated rings. The van der Waals surface area contributed by atoms with Crippen molar-refractivity contribution in [3.8, 4) is 0 Å². The second-order valence-electron chi connectivity index (χ2n) is 6.99. The largest absolute Gasteiger partial charge is 0.314 e. The molecule has 2 heteroatoms. The molecule has 1 aliphatic heterocycles. The van der Waals surface area contributed by atoms with Crippen molar-refractivity contribution in [2.75, 3.05) is 13.1 Å². The third-order valence-corrected chi connectivity index (χ3v) is 5.60. The summed E-state index contributed by atoms with van der Waals surface area (Å²) < 4.78 is 0. The predicted molar refractivity (Wildman–Crippen MR) is 76.7 cm³/mol. The number of hydrogen-bond acceptors (Lipinski definition) is 2. The van der Waals surface area contributed by atoms with E-state index in [1.165, 1.54) is 64.5 Å². The first-order chi connectivity index (χ1) is 8.84. The number of nitrogens with one attached hydrogen (secondary N) is 2. The number of hydrogen-bond donors (Lipinski definition) is 2. The fourth-order valence-corrected chi connectivity index (χ4v) is 4.13. The zero-order chi connectivity index (χ0) is 12.4. The third-order valence-electron chi connectivity index (χ3n) is 5.60. The summed E-state index contributed by atoms with van der Waals surface area (Å²) in [6.07, 6.45) is 11.5. The van der Waals surface area contributed by atoms with Gasteiger partial charge in [-0.05, 0) is 62.9 Å². The van der Waals surface area contributed by atoms with E-state index in [4.69, 9.17) is 0 Å². The molecule has 1 heterocycles. The minimum atomic E-state index is 0.808. The first kappa shape index (κ1) is 12.9. The fraction of sp³-hybridized carbons (Fsp3) is 1.00. The van der Waals surface area contributed by atoms with Crippen LogP contribution < -0.4 is 10.6 Å². The molecule has 0 spiro atoms. The van der Waals surface area contributed by atoms with Crippen molar-refractivity contribution in [3.05, 3.63) is 0 Å². The third kappa shape index (κ3) is 3.08. The summed E-state index contributed by atoms with van der Waals surface area (Å²) in [6.45, 7) is 4.94. The minimum absolute atomic E-state index is 0.808. The van der Waals surface area contributed by atoms with Gasteiger partial charge in [-0.2, -0.15) is 0 Å². The summed E-state index contributed by atoms with van der Waals surface area (Å²) in [5.41, 5.74) is 0. The van der Waals surface area contributed by atoms with Gasteiger partial charge in [-0.15, -0.1) is 0 Å². The second-order valence-corrected chi connectivity index (χ2v) is 6.99. The Morgan fingerprint density at radius 2 is 1.83 bits per heavy atom. The SMILES string of the molecule is CC1CC1CNC1CCCCC1C1CCCCN1. The van der Waals surface area contributed by atoms with E-state index >= 15 is 0 Å². The molecule has 104 valence electrons. The van der Waals surface area contributed by atoms with E-state index in [0.717, 1.165) is 29.8 Å². The quantitative estimate of drug-likeness (QED) is 0.801. The molecular formula is C16H30N2. The molecule has 1 saturated heterocycles. The molecule has 0 radical (unpaired) electrons. The topological polar surface area (TPSA) is 24.1 Å². The Morgan fingerprint density at radius 3 is 2.56 bits per heavy atom. The average molecular weight is 250 g/mol. The van der Waals surface area contributed by atoms with Crippen LogP contribution in [0.2, 0.25) is 0 Å². The molecule has 2 N–H and O–H groups in total. The smallest absolute Gasteiger partial charge is 0.0110 e. The van der Waals surface area contributed by atoms with Gasteiger partial charge in [-0.1, -0.05) is 26.2 Å². The lowest BCUT2D eigenvalue weighted by atomic mass is 9.77. The van der Waals surface area contributed by atoms with Crippen LogP contribution in [0.5, 0.6) is 0 Å². The van der Waals surface area contributed by atoms with Crippen LogP contribution in [0.25, 0.3) is 0 Å². The molecule has 0 aromatic carbocycles. The van der Waals surface area contributed by atoms with Crippen molar-refractivity contribution in [1.82, 2.24) is 10.6 Å². The molecule has 0 aromatic rings. The van der Waals surface area contributed by atoms with Gasteiger partial charge in [-0.3, -0.25) is 0 Å². The van der Waals surface area contributed by atoms with Crippen molar-refractivity contribution >= 4 is 0 Å². The van der Waals surface area contributed by atoms with E-state index in [1.54, 1.807) is 0 Å². The van der Waals surface area contributed by atoms with Gasteiger partial charge in [0, 0.05) is 12.1 Å². The van der Waals surface area contributed by atoms with Crippen LogP contribution in [0.1, 0.15) is 58.3 Å². The Balaban J connectivity index is 1.51. The average Bonchev–Trinajstić information content (AvgIpc) is 3.14. The Labute approximate surface area is 112 Å². The van der Waals surface area contributed by atoms with E-state index in [0.29, 0.717) is 0 Å². The monoisotopic (exact) mass is 250 g/mol. The highest BCUT2D eigenvalue weighted by atomic mass is 15.0. The molecular weight excluding hydrogens is 220 g/mol. The highest BCUT2D eigenvalue weighted by Gasteiger charge is 2.36. The van der Waals surface area contributed by atoms with Crippen LogP contribution >= 0.6 is 0 Å². The van der Waals surface area contributed by atoms with Gasteiger partial charge in [0.15, 0.2) is 0 Å². The summed E-state index contributed by atoms with van der Waals surface area (Å²) in [7, 11) is 0. The molecule has 2 saturated carbocycles. The normalized spacial score (nSPS) is 44.8. The number of rotatable bonds is 4. The van der Waals surface area contributed by atoms with E-state index in [2.05, 4.69) is 17.6 Å². The first-order valence-corrected chi connectivity index (χ1v) is 8.31. The van der Waals surface area contributed by atoms with E-state index in [1.807, 2.05) is 0 Å². The van der Waals surface area contributed by atoms with Gasteiger partial charge in [0.2, 0.25) is 0 Å². The molecule has 0 amide bonds. The van der Waals surface area contributed by atoms with Crippen molar-refractivity contribution in [2.24, 2.45) is 17.8 Å². The highest BCUT2D eigenvalue weighted by molar-refractivity contribution is 4.92. The zero-order valence-electron chi connectivity index (χ0n) is 12.0. The first-order valence-electron chi connectivity index (χ1n) is 8.31. The molecule has 2 nitrogen and oxygen atoms in total. The Kier molecular flexibility index (Phi) is 4.25. The zero-order valence-corrected chi connectivity index (χ0v) is 12.0. The number of piperidine rings is 1. The van der Waals surface area contributed by atoms with E-state index < -0.39 is 0 Å². The van der Waals surface area contributed by atoms with Gasteiger partial charge in [0.05, 0.1) is 0 Å². The highest BCUT2D eigenvalue weighted by Crippen LogP contribution is 2.38. The lowest BCUT2D eigenvalue weighted by Gasteiger charge is -2.40. The summed E-state index contributed by atoms with van der Waals surface area (Å²) in [5.74, 6) is 2.90. The van der Waals surface area contributed by atoms with Gasteiger partial charge < -0.3 is 10.6 Å². The molecule has 3 aliphatic rings. The van der Waals surface area contributed by atoms with Gasteiger partial charge >= 0.3 is 0 Å². The van der Waals surface area contributed by atoms with Crippen LogP contribution in [-0.4, -0.2) is 25.2 Å². The lowest BCUT2D eigenvalue weighted by Crippen LogP contribution is -2.50. The van der Waals surface area contributed by atoms with Gasteiger partial charge in [0.25, 0.3) is 0 Å². The van der Waals surface area contributed by atoms with E-state index in [-0.39, 0.29) is 0 Å². The summed E-state index contributed by atoms with van der Waals surface area (Å²) >= 11 is 0. The maximum atomic E-state index is 3.92. The second kappa shape index (κ2) is 5.92. The molecule has 0 bridgehead atoms. The van der Waals surface area contributed by atoms with Crippen molar-refractivity contribution < 1.29 is 0 Å². The molecule has 2 aliphatic carbocycles. The summed E-state index contributed by atoms with van der Waals surface area (Å²) in [5, 5.41) is 7.71. The van der Waals surface area contributed by atoms with E-state index in [9.17, 15) is 0 Å². The Morgan fingerprint density at radius 1 is 1.06 bits per heavy atom. The lowest BCUT2D eigenvalue weighted by molar-refractivity contribution is 0.181. The van der Waals surface area contributed by atoms with Crippen LogP contribution in [0, 0.1) is 17.8 Å². The van der Waals surface area contributed by atoms with Crippen LogP contribution in [-0.2, 0) is 0 Å². The Bertz CT molecular complexity index is 260. The maximum Gasteiger partial charge on any atom is 0.0110 e. The molecule has 5 atom stereocenters. The predicted octanol–water partition coefficient (Wildman–Crippen LogP) is 2.93. The van der Waals surface area contributed by atoms with Crippen molar-refractivity contribution in [2.45, 2.75) is 70.4 Å². The Hall–Kier alpha value is -0.0800. The molecule has 0 aromatic heterocycles. The van der Waals surface area contributed by atoms with Crippen molar-refractivity contribution in [1.29, 1.82) is 0 Å². The summed E-state index contributed by atoms with van der Waals surface area (Å²) in [4.78, 5) is 0. The van der Waals surface area contributed by atoms with Crippen LogP contribution in [0.15, 0.2) is 0 Å².